The van der Waals surface area contributed by atoms with Gasteiger partial charge in [0.2, 0.25) is 0 Å². The highest BCUT2D eigenvalue weighted by molar-refractivity contribution is 6.14. The molecule has 0 amide bonds. The van der Waals surface area contributed by atoms with Crippen LogP contribution in [0, 0.1) is 0 Å². The SMILES string of the molecule is c1ccc(-c2ccc(N(c3ccc(-c4c5c(cc6oc7ccccc7c46)CCC(c4ccccc4)O5)cc3)c3ccccc3-c3ccccc3)cc2)cc1. The average molecular weight is 696 g/mol. The molecule has 8 aromatic carbocycles. The summed E-state index contributed by atoms with van der Waals surface area (Å²) in [6, 6.07) is 68.8. The van der Waals surface area contributed by atoms with Gasteiger partial charge < -0.3 is 14.1 Å². The summed E-state index contributed by atoms with van der Waals surface area (Å²) >= 11 is 0. The fourth-order valence-corrected chi connectivity index (χ4v) is 8.08. The number of hydrogen-bond donors (Lipinski definition) is 0. The van der Waals surface area contributed by atoms with Gasteiger partial charge in [-0.3, -0.25) is 0 Å². The Morgan fingerprint density at radius 3 is 1.78 bits per heavy atom. The summed E-state index contributed by atoms with van der Waals surface area (Å²) in [6.45, 7) is 0. The molecule has 54 heavy (non-hydrogen) atoms. The molecule has 3 heteroatoms. The summed E-state index contributed by atoms with van der Waals surface area (Å²) in [5.74, 6) is 0.949. The van der Waals surface area contributed by atoms with Gasteiger partial charge in [-0.2, -0.15) is 0 Å². The Kier molecular flexibility index (Phi) is 8.03. The van der Waals surface area contributed by atoms with Crippen LogP contribution in [0.4, 0.5) is 17.1 Å². The maximum atomic E-state index is 7.01. The van der Waals surface area contributed by atoms with Crippen molar-refractivity contribution in [3.05, 3.63) is 205 Å². The van der Waals surface area contributed by atoms with Crippen LogP contribution in [0.25, 0.3) is 55.3 Å². The van der Waals surface area contributed by atoms with Gasteiger partial charge in [0, 0.05) is 33.3 Å². The molecular weight excluding hydrogens is 659 g/mol. The Labute approximate surface area is 315 Å². The van der Waals surface area contributed by atoms with Crippen molar-refractivity contribution in [2.24, 2.45) is 0 Å². The number of benzene rings is 8. The highest BCUT2D eigenvalue weighted by Gasteiger charge is 2.28. The predicted octanol–water partition coefficient (Wildman–Crippen LogP) is 14.1. The van der Waals surface area contributed by atoms with Gasteiger partial charge in [-0.25, -0.2) is 0 Å². The van der Waals surface area contributed by atoms with Crippen LogP contribution < -0.4 is 9.64 Å². The highest BCUT2D eigenvalue weighted by atomic mass is 16.5. The van der Waals surface area contributed by atoms with E-state index in [0.717, 1.165) is 68.7 Å². The Bertz CT molecular complexity index is 2720. The summed E-state index contributed by atoms with van der Waals surface area (Å²) in [7, 11) is 0. The molecule has 1 atom stereocenters. The van der Waals surface area contributed by atoms with Crippen LogP contribution >= 0.6 is 0 Å². The number of fused-ring (bicyclic) bond motifs is 4. The van der Waals surface area contributed by atoms with E-state index in [9.17, 15) is 0 Å². The number of anilines is 3. The van der Waals surface area contributed by atoms with Crippen molar-refractivity contribution in [3.63, 3.8) is 0 Å². The lowest BCUT2D eigenvalue weighted by Gasteiger charge is -2.30. The second-order valence-electron chi connectivity index (χ2n) is 13.9. The molecule has 0 saturated heterocycles. The van der Waals surface area contributed by atoms with Crippen molar-refractivity contribution in [1.29, 1.82) is 0 Å². The maximum absolute atomic E-state index is 7.01. The van der Waals surface area contributed by atoms with E-state index in [4.69, 9.17) is 9.15 Å². The van der Waals surface area contributed by atoms with Gasteiger partial charge >= 0.3 is 0 Å². The molecule has 1 aromatic heterocycles. The maximum Gasteiger partial charge on any atom is 0.136 e. The molecule has 0 fully saturated rings. The van der Waals surface area contributed by atoms with Crippen molar-refractivity contribution in [1.82, 2.24) is 0 Å². The summed E-state index contributed by atoms with van der Waals surface area (Å²) in [5.41, 5.74) is 14.3. The largest absolute Gasteiger partial charge is 0.485 e. The minimum atomic E-state index is -0.0174. The minimum absolute atomic E-state index is 0.0174. The van der Waals surface area contributed by atoms with E-state index in [2.05, 4.69) is 193 Å². The van der Waals surface area contributed by atoms with Crippen LogP contribution in [-0.4, -0.2) is 0 Å². The van der Waals surface area contributed by atoms with E-state index in [-0.39, 0.29) is 6.10 Å². The monoisotopic (exact) mass is 695 g/mol. The number of rotatable bonds is 7. The first-order valence-electron chi connectivity index (χ1n) is 18.7. The zero-order chi connectivity index (χ0) is 35.8. The third-order valence-electron chi connectivity index (χ3n) is 10.7. The molecule has 1 aliphatic heterocycles. The summed E-state index contributed by atoms with van der Waals surface area (Å²) in [4.78, 5) is 2.37. The van der Waals surface area contributed by atoms with Crippen LogP contribution in [0.2, 0.25) is 0 Å². The molecule has 0 N–H and O–H groups in total. The number of para-hydroxylation sites is 2. The lowest BCUT2D eigenvalue weighted by atomic mass is 9.90. The molecule has 0 aliphatic carbocycles. The van der Waals surface area contributed by atoms with Gasteiger partial charge in [0.1, 0.15) is 23.0 Å². The quantitative estimate of drug-likeness (QED) is 0.166. The molecule has 0 spiro atoms. The number of hydrogen-bond acceptors (Lipinski definition) is 3. The van der Waals surface area contributed by atoms with Crippen LogP contribution in [0.5, 0.6) is 5.75 Å². The zero-order valence-electron chi connectivity index (χ0n) is 29.7. The average Bonchev–Trinajstić information content (AvgIpc) is 3.62. The Hall–Kier alpha value is -6.84. The molecule has 9 aromatic rings. The normalized spacial score (nSPS) is 13.7. The fourth-order valence-electron chi connectivity index (χ4n) is 8.08. The molecule has 10 rings (SSSR count). The summed E-state index contributed by atoms with van der Waals surface area (Å²) in [6.07, 6.45) is 1.81. The van der Waals surface area contributed by atoms with E-state index in [0.29, 0.717) is 0 Å². The van der Waals surface area contributed by atoms with Crippen LogP contribution in [0.3, 0.4) is 0 Å². The standard InChI is InChI=1S/C51H37NO2/c1-4-14-35(15-5-1)36-24-29-41(30-25-36)52(45-22-12-10-20-43(45)37-16-6-2-7-17-37)42-31-26-39(27-32-42)49-50-44-21-11-13-23-47(44)53-48(50)34-40-28-33-46(54-51(40)49)38-18-8-3-9-19-38/h1-27,29-32,34,46H,28,33H2. The second kappa shape index (κ2) is 13.6. The molecule has 1 unspecified atom stereocenters. The first-order chi connectivity index (χ1) is 26.8. The lowest BCUT2D eigenvalue weighted by molar-refractivity contribution is 0.178. The van der Waals surface area contributed by atoms with Crippen molar-refractivity contribution in [2.75, 3.05) is 4.90 Å². The first kappa shape index (κ1) is 31.9. The smallest absolute Gasteiger partial charge is 0.136 e. The van der Waals surface area contributed by atoms with Gasteiger partial charge in [0.15, 0.2) is 0 Å². The summed E-state index contributed by atoms with van der Waals surface area (Å²) in [5, 5.41) is 2.19. The van der Waals surface area contributed by atoms with Crippen LogP contribution in [0.15, 0.2) is 199 Å². The third-order valence-corrected chi connectivity index (χ3v) is 10.7. The van der Waals surface area contributed by atoms with E-state index >= 15 is 0 Å². The molecule has 0 bridgehead atoms. The van der Waals surface area contributed by atoms with E-state index in [1.807, 2.05) is 6.07 Å². The lowest BCUT2D eigenvalue weighted by Crippen LogP contribution is -2.16. The van der Waals surface area contributed by atoms with E-state index in [1.54, 1.807) is 0 Å². The highest BCUT2D eigenvalue weighted by Crippen LogP contribution is 2.49. The predicted molar refractivity (Wildman–Crippen MR) is 223 cm³/mol. The van der Waals surface area contributed by atoms with Crippen LogP contribution in [0.1, 0.15) is 23.7 Å². The number of aryl methyl sites for hydroxylation is 1. The molecule has 2 heterocycles. The Morgan fingerprint density at radius 1 is 0.481 bits per heavy atom. The molecule has 0 saturated carbocycles. The van der Waals surface area contributed by atoms with E-state index in [1.165, 1.54) is 33.4 Å². The topological polar surface area (TPSA) is 25.6 Å². The molecule has 1 aliphatic rings. The van der Waals surface area contributed by atoms with Gasteiger partial charge in [-0.05, 0) is 88.7 Å². The van der Waals surface area contributed by atoms with Gasteiger partial charge in [-0.15, -0.1) is 0 Å². The molecule has 3 nitrogen and oxygen atoms in total. The Balaban J connectivity index is 1.13. The minimum Gasteiger partial charge on any atom is -0.485 e. The second-order valence-corrected chi connectivity index (χ2v) is 13.9. The van der Waals surface area contributed by atoms with Gasteiger partial charge in [-0.1, -0.05) is 152 Å². The van der Waals surface area contributed by atoms with Crippen molar-refractivity contribution < 1.29 is 9.15 Å². The molecule has 258 valence electrons. The zero-order valence-corrected chi connectivity index (χ0v) is 29.7. The fraction of sp³-hybridized carbons (Fsp3) is 0.0588. The molecular formula is C51H37NO2. The van der Waals surface area contributed by atoms with Crippen LogP contribution in [-0.2, 0) is 6.42 Å². The summed E-state index contributed by atoms with van der Waals surface area (Å²) < 4.78 is 13.5. The number of nitrogens with zero attached hydrogens (tertiary/aromatic N) is 1. The third kappa shape index (κ3) is 5.71. The first-order valence-corrected chi connectivity index (χ1v) is 18.7. The number of furan rings is 1. The van der Waals surface area contributed by atoms with E-state index < -0.39 is 0 Å². The van der Waals surface area contributed by atoms with Gasteiger partial charge in [0.25, 0.3) is 0 Å². The van der Waals surface area contributed by atoms with Crippen molar-refractivity contribution >= 4 is 39.0 Å². The Morgan fingerprint density at radius 2 is 1.06 bits per heavy atom. The number of ether oxygens (including phenoxy) is 1. The van der Waals surface area contributed by atoms with Crippen molar-refractivity contribution in [3.8, 4) is 39.1 Å². The molecule has 0 radical (unpaired) electrons. The van der Waals surface area contributed by atoms with Crippen molar-refractivity contribution in [2.45, 2.75) is 18.9 Å². The van der Waals surface area contributed by atoms with Gasteiger partial charge in [0.05, 0.1) is 5.69 Å².